The van der Waals surface area contributed by atoms with Crippen LogP contribution in [0.4, 0.5) is 0 Å². The number of rotatable bonds is 3. The minimum absolute atomic E-state index is 0.120. The summed E-state index contributed by atoms with van der Waals surface area (Å²) in [5.41, 5.74) is 0.959. The van der Waals surface area contributed by atoms with Crippen molar-refractivity contribution in [1.82, 2.24) is 10.2 Å². The Bertz CT molecular complexity index is 1370. The van der Waals surface area contributed by atoms with Gasteiger partial charge in [0.05, 0.1) is 7.11 Å². The van der Waals surface area contributed by atoms with Crippen molar-refractivity contribution in [1.29, 1.82) is 0 Å². The molecular formula is C22H14N2O4. The maximum Gasteiger partial charge on any atom is 0.349 e. The Kier molecular flexibility index (Phi) is 3.69. The van der Waals surface area contributed by atoms with Gasteiger partial charge < -0.3 is 13.6 Å². The summed E-state index contributed by atoms with van der Waals surface area (Å²) >= 11 is 0. The highest BCUT2D eigenvalue weighted by Crippen LogP contribution is 2.27. The average molecular weight is 370 g/mol. The molecule has 6 heteroatoms. The summed E-state index contributed by atoms with van der Waals surface area (Å²) in [6, 6.07) is 20.7. The topological polar surface area (TPSA) is 78.4 Å². The normalized spacial score (nSPS) is 11.2. The van der Waals surface area contributed by atoms with Gasteiger partial charge in [0.15, 0.2) is 0 Å². The second kappa shape index (κ2) is 6.35. The van der Waals surface area contributed by atoms with E-state index in [9.17, 15) is 4.79 Å². The predicted molar refractivity (Wildman–Crippen MR) is 105 cm³/mol. The molecule has 5 rings (SSSR count). The lowest BCUT2D eigenvalue weighted by Crippen LogP contribution is -2.02. The highest BCUT2D eigenvalue weighted by atomic mass is 16.5. The van der Waals surface area contributed by atoms with Crippen molar-refractivity contribution >= 4 is 21.7 Å². The third-order valence-corrected chi connectivity index (χ3v) is 4.59. The average Bonchev–Trinajstić information content (AvgIpc) is 3.22. The summed E-state index contributed by atoms with van der Waals surface area (Å²) in [5, 5.41) is 10.9. The molecule has 0 saturated heterocycles. The molecule has 0 N–H and O–H groups in total. The van der Waals surface area contributed by atoms with Crippen molar-refractivity contribution in [2.45, 2.75) is 0 Å². The van der Waals surface area contributed by atoms with E-state index in [-0.39, 0.29) is 11.5 Å². The first-order chi connectivity index (χ1) is 13.7. The van der Waals surface area contributed by atoms with Crippen LogP contribution in [0.1, 0.15) is 0 Å². The van der Waals surface area contributed by atoms with E-state index in [2.05, 4.69) is 10.2 Å². The third kappa shape index (κ3) is 2.72. The number of hydrogen-bond acceptors (Lipinski definition) is 6. The molecule has 28 heavy (non-hydrogen) atoms. The first-order valence-electron chi connectivity index (χ1n) is 8.66. The second-order valence-corrected chi connectivity index (χ2v) is 6.33. The molecule has 0 unspecified atom stereocenters. The molecule has 0 atom stereocenters. The Morgan fingerprint density at radius 2 is 1.50 bits per heavy atom. The Hall–Kier alpha value is -3.93. The largest absolute Gasteiger partial charge is 0.497 e. The van der Waals surface area contributed by atoms with Crippen LogP contribution in [-0.4, -0.2) is 17.3 Å². The van der Waals surface area contributed by atoms with Crippen LogP contribution in [0.5, 0.6) is 5.75 Å². The van der Waals surface area contributed by atoms with Gasteiger partial charge in [-0.25, -0.2) is 4.79 Å². The van der Waals surface area contributed by atoms with E-state index in [4.69, 9.17) is 13.6 Å². The predicted octanol–water partition coefficient (Wildman–Crippen LogP) is 4.67. The van der Waals surface area contributed by atoms with E-state index in [0.29, 0.717) is 11.5 Å². The van der Waals surface area contributed by atoms with Crippen LogP contribution in [0.3, 0.4) is 0 Å². The first-order valence-corrected chi connectivity index (χ1v) is 8.66. The summed E-state index contributed by atoms with van der Waals surface area (Å²) in [4.78, 5) is 12.5. The summed E-state index contributed by atoms with van der Waals surface area (Å²) in [6.07, 6.45) is 0. The summed E-state index contributed by atoms with van der Waals surface area (Å²) < 4.78 is 16.4. The van der Waals surface area contributed by atoms with E-state index < -0.39 is 5.63 Å². The lowest BCUT2D eigenvalue weighted by Gasteiger charge is -2.02. The Morgan fingerprint density at radius 3 is 2.25 bits per heavy atom. The summed E-state index contributed by atoms with van der Waals surface area (Å²) in [5.74, 6) is 1.16. The quantitative estimate of drug-likeness (QED) is 0.339. The fourth-order valence-electron chi connectivity index (χ4n) is 3.14. The molecule has 0 radical (unpaired) electrons. The molecule has 0 fully saturated rings. The van der Waals surface area contributed by atoms with Gasteiger partial charge in [0.25, 0.3) is 5.89 Å². The van der Waals surface area contributed by atoms with E-state index in [1.165, 1.54) is 0 Å². The Morgan fingerprint density at radius 1 is 0.786 bits per heavy atom. The zero-order valence-electron chi connectivity index (χ0n) is 14.9. The van der Waals surface area contributed by atoms with E-state index >= 15 is 0 Å². The number of hydrogen-bond donors (Lipinski definition) is 0. The van der Waals surface area contributed by atoms with Crippen LogP contribution < -0.4 is 10.4 Å². The van der Waals surface area contributed by atoms with Crippen molar-refractivity contribution in [3.8, 4) is 28.7 Å². The van der Waals surface area contributed by atoms with Gasteiger partial charge in [-0.05, 0) is 53.2 Å². The maximum absolute atomic E-state index is 12.5. The highest BCUT2D eigenvalue weighted by molar-refractivity contribution is 5.96. The number of nitrogens with zero attached hydrogens (tertiary/aromatic N) is 2. The molecule has 5 aromatic rings. The molecule has 0 aliphatic heterocycles. The maximum atomic E-state index is 12.5. The number of aromatic nitrogens is 2. The summed E-state index contributed by atoms with van der Waals surface area (Å²) in [6.45, 7) is 0. The van der Waals surface area contributed by atoms with Gasteiger partial charge >= 0.3 is 5.63 Å². The van der Waals surface area contributed by atoms with Crippen molar-refractivity contribution in [3.63, 3.8) is 0 Å². The molecule has 2 aromatic heterocycles. The van der Waals surface area contributed by atoms with Gasteiger partial charge in [-0.1, -0.05) is 24.3 Å². The molecule has 3 aromatic carbocycles. The van der Waals surface area contributed by atoms with E-state index in [1.54, 1.807) is 25.3 Å². The van der Waals surface area contributed by atoms with Gasteiger partial charge in [0.1, 0.15) is 16.9 Å². The van der Waals surface area contributed by atoms with Crippen molar-refractivity contribution in [2.24, 2.45) is 0 Å². The molecule has 0 saturated carbocycles. The molecular weight excluding hydrogens is 356 g/mol. The number of fused-ring (bicyclic) bond motifs is 2. The standard InChI is InChI=1S/C22H14N2O4/c1-26-17-8-6-13(7-9-17)20-23-24-21(28-20)18-11-16-10-14-4-2-3-5-15(14)12-19(16)27-22(18)25/h2-12H,1H3. The van der Waals surface area contributed by atoms with E-state index in [1.807, 2.05) is 48.5 Å². The summed E-state index contributed by atoms with van der Waals surface area (Å²) in [7, 11) is 1.60. The van der Waals surface area contributed by atoms with Gasteiger partial charge in [0.2, 0.25) is 5.89 Å². The third-order valence-electron chi connectivity index (χ3n) is 4.59. The lowest BCUT2D eigenvalue weighted by atomic mass is 10.1. The molecule has 0 spiro atoms. The van der Waals surface area contributed by atoms with Crippen LogP contribution in [0.15, 0.2) is 80.4 Å². The fourth-order valence-corrected chi connectivity index (χ4v) is 3.14. The zero-order valence-corrected chi connectivity index (χ0v) is 14.9. The van der Waals surface area contributed by atoms with Crippen LogP contribution in [0.25, 0.3) is 44.7 Å². The molecule has 2 heterocycles. The molecule has 136 valence electrons. The van der Waals surface area contributed by atoms with Crippen LogP contribution in [0.2, 0.25) is 0 Å². The molecule has 0 aliphatic rings. The smallest absolute Gasteiger partial charge is 0.349 e. The minimum atomic E-state index is -0.521. The van der Waals surface area contributed by atoms with Gasteiger partial charge in [-0.15, -0.1) is 10.2 Å². The molecule has 0 amide bonds. The number of methoxy groups -OCH3 is 1. The molecule has 0 aliphatic carbocycles. The second-order valence-electron chi connectivity index (χ2n) is 6.33. The van der Waals surface area contributed by atoms with Crippen molar-refractivity contribution in [3.05, 3.63) is 77.2 Å². The van der Waals surface area contributed by atoms with Gasteiger partial charge in [-0.3, -0.25) is 0 Å². The molecule has 6 nitrogen and oxygen atoms in total. The highest BCUT2D eigenvalue weighted by Gasteiger charge is 2.16. The van der Waals surface area contributed by atoms with Crippen molar-refractivity contribution in [2.75, 3.05) is 7.11 Å². The van der Waals surface area contributed by atoms with Gasteiger partial charge in [0, 0.05) is 10.9 Å². The van der Waals surface area contributed by atoms with Crippen LogP contribution in [0, 0.1) is 0 Å². The minimum Gasteiger partial charge on any atom is -0.497 e. The lowest BCUT2D eigenvalue weighted by molar-refractivity contribution is 0.415. The molecule has 0 bridgehead atoms. The number of ether oxygens (including phenoxy) is 1. The van der Waals surface area contributed by atoms with Crippen molar-refractivity contribution < 1.29 is 13.6 Å². The number of benzene rings is 3. The Balaban J connectivity index is 1.60. The van der Waals surface area contributed by atoms with Crippen LogP contribution in [-0.2, 0) is 0 Å². The van der Waals surface area contributed by atoms with Gasteiger partial charge in [-0.2, -0.15) is 0 Å². The zero-order chi connectivity index (χ0) is 19.1. The Labute approximate surface area is 159 Å². The van der Waals surface area contributed by atoms with E-state index in [0.717, 1.165) is 27.5 Å². The fraction of sp³-hybridized carbons (Fsp3) is 0.0455. The monoisotopic (exact) mass is 370 g/mol. The SMILES string of the molecule is COc1ccc(-c2nnc(-c3cc4cc5ccccc5cc4oc3=O)o2)cc1. The first kappa shape index (κ1) is 16.3. The van der Waals surface area contributed by atoms with Crippen LogP contribution >= 0.6 is 0 Å².